The van der Waals surface area contributed by atoms with Crippen LogP contribution in [0.25, 0.3) is 10.8 Å². The van der Waals surface area contributed by atoms with Gasteiger partial charge in [0.25, 0.3) is 0 Å². The normalized spacial score (nSPS) is 19.5. The summed E-state index contributed by atoms with van der Waals surface area (Å²) < 4.78 is 0. The standard InChI is InChI=1S/C26H34N4O/c1-19(24-8-4-6-20-5-2-3-7-25(20)24)30-23-11-9-21(17-23)22-10-12-26(29-18-22)28-14-13-27-15-16-31/h2-8,10,12,18-19,21,23,27,30-31H,9,11,13-17H2,1H3,(H,28,29)/t19-,21-,23+/m1/s1. The van der Waals surface area contributed by atoms with E-state index >= 15 is 0 Å². The molecular weight excluding hydrogens is 384 g/mol. The summed E-state index contributed by atoms with van der Waals surface area (Å²) in [6.45, 7) is 4.70. The number of fused-ring (bicyclic) bond motifs is 1. The number of rotatable bonds is 10. The highest BCUT2D eigenvalue weighted by molar-refractivity contribution is 5.86. The highest BCUT2D eigenvalue weighted by atomic mass is 16.3. The Hall–Kier alpha value is -2.47. The second-order valence-corrected chi connectivity index (χ2v) is 8.54. The Morgan fingerprint density at radius 2 is 1.87 bits per heavy atom. The molecule has 0 bridgehead atoms. The van der Waals surface area contributed by atoms with Gasteiger partial charge in [-0.25, -0.2) is 4.98 Å². The molecule has 0 radical (unpaired) electrons. The van der Waals surface area contributed by atoms with Crippen molar-refractivity contribution in [3.8, 4) is 0 Å². The van der Waals surface area contributed by atoms with Gasteiger partial charge in [-0.05, 0) is 60.1 Å². The van der Waals surface area contributed by atoms with Crippen LogP contribution in [0.3, 0.4) is 0 Å². The zero-order valence-electron chi connectivity index (χ0n) is 18.3. The molecule has 0 aliphatic heterocycles. The number of aliphatic hydroxyl groups excluding tert-OH is 1. The number of anilines is 1. The molecule has 5 heteroatoms. The predicted octanol–water partition coefficient (Wildman–Crippen LogP) is 4.22. The minimum Gasteiger partial charge on any atom is -0.395 e. The van der Waals surface area contributed by atoms with Gasteiger partial charge in [0.1, 0.15) is 5.82 Å². The van der Waals surface area contributed by atoms with Crippen molar-refractivity contribution < 1.29 is 5.11 Å². The molecule has 1 fully saturated rings. The Morgan fingerprint density at radius 3 is 2.71 bits per heavy atom. The van der Waals surface area contributed by atoms with Gasteiger partial charge < -0.3 is 21.1 Å². The number of nitrogens with one attached hydrogen (secondary N) is 3. The number of hydrogen-bond acceptors (Lipinski definition) is 5. The fraction of sp³-hybridized carbons (Fsp3) is 0.423. The predicted molar refractivity (Wildman–Crippen MR) is 129 cm³/mol. The second kappa shape index (κ2) is 10.7. The lowest BCUT2D eigenvalue weighted by Gasteiger charge is -2.21. The van der Waals surface area contributed by atoms with Crippen molar-refractivity contribution in [3.05, 3.63) is 71.9 Å². The summed E-state index contributed by atoms with van der Waals surface area (Å²) in [5.74, 6) is 1.48. The molecule has 1 aliphatic carbocycles. The van der Waals surface area contributed by atoms with Crippen LogP contribution in [-0.2, 0) is 0 Å². The van der Waals surface area contributed by atoms with E-state index in [9.17, 15) is 0 Å². The van der Waals surface area contributed by atoms with Gasteiger partial charge in [-0.3, -0.25) is 0 Å². The van der Waals surface area contributed by atoms with Gasteiger partial charge in [0.2, 0.25) is 0 Å². The minimum absolute atomic E-state index is 0.172. The quantitative estimate of drug-likeness (QED) is 0.371. The maximum absolute atomic E-state index is 8.78. The molecule has 0 spiro atoms. The Bertz CT molecular complexity index is 954. The molecule has 3 atom stereocenters. The number of benzene rings is 2. The van der Waals surface area contributed by atoms with E-state index < -0.39 is 0 Å². The van der Waals surface area contributed by atoms with Crippen molar-refractivity contribution in [1.82, 2.24) is 15.6 Å². The van der Waals surface area contributed by atoms with Gasteiger partial charge in [-0.2, -0.15) is 0 Å². The van der Waals surface area contributed by atoms with Crippen LogP contribution in [0.4, 0.5) is 5.82 Å². The summed E-state index contributed by atoms with van der Waals surface area (Å²) in [5, 5.41) is 21.8. The van der Waals surface area contributed by atoms with Crippen LogP contribution in [0.5, 0.6) is 0 Å². The number of hydrogen-bond donors (Lipinski definition) is 4. The first-order valence-corrected chi connectivity index (χ1v) is 11.5. The van der Waals surface area contributed by atoms with Gasteiger partial charge in [0.15, 0.2) is 0 Å². The van der Waals surface area contributed by atoms with Crippen LogP contribution >= 0.6 is 0 Å². The molecule has 5 nitrogen and oxygen atoms in total. The van der Waals surface area contributed by atoms with Crippen LogP contribution < -0.4 is 16.0 Å². The first-order valence-electron chi connectivity index (χ1n) is 11.5. The Morgan fingerprint density at radius 1 is 1.00 bits per heavy atom. The van der Waals surface area contributed by atoms with Gasteiger partial charge in [0, 0.05) is 37.9 Å². The molecule has 4 N–H and O–H groups in total. The van der Waals surface area contributed by atoms with Crippen molar-refractivity contribution >= 4 is 16.6 Å². The summed E-state index contributed by atoms with van der Waals surface area (Å²) in [4.78, 5) is 4.60. The van der Waals surface area contributed by atoms with E-state index in [2.05, 4.69) is 82.5 Å². The molecule has 1 aromatic heterocycles. The third-order valence-corrected chi connectivity index (χ3v) is 6.36. The van der Waals surface area contributed by atoms with Gasteiger partial charge in [-0.1, -0.05) is 48.5 Å². The van der Waals surface area contributed by atoms with E-state index in [1.807, 2.05) is 6.20 Å². The summed E-state index contributed by atoms with van der Waals surface area (Å²) in [6, 6.07) is 20.4. The monoisotopic (exact) mass is 418 g/mol. The third-order valence-electron chi connectivity index (χ3n) is 6.36. The topological polar surface area (TPSA) is 69.2 Å². The average Bonchev–Trinajstić information content (AvgIpc) is 3.27. The van der Waals surface area contributed by atoms with E-state index in [4.69, 9.17) is 5.11 Å². The Kier molecular flexibility index (Phi) is 7.52. The Balaban J connectivity index is 1.30. The zero-order chi connectivity index (χ0) is 21.5. The van der Waals surface area contributed by atoms with Crippen LogP contribution in [0.1, 0.15) is 49.3 Å². The molecule has 1 aliphatic rings. The average molecular weight is 419 g/mol. The Labute approximate surface area is 185 Å². The smallest absolute Gasteiger partial charge is 0.125 e. The molecule has 0 amide bonds. The fourth-order valence-electron chi connectivity index (χ4n) is 4.74. The number of aromatic nitrogens is 1. The number of aliphatic hydroxyl groups is 1. The van der Waals surface area contributed by atoms with Crippen molar-refractivity contribution in [3.63, 3.8) is 0 Å². The third kappa shape index (κ3) is 5.62. The van der Waals surface area contributed by atoms with Gasteiger partial charge in [-0.15, -0.1) is 0 Å². The van der Waals surface area contributed by atoms with Crippen molar-refractivity contribution in [2.24, 2.45) is 0 Å². The van der Waals surface area contributed by atoms with E-state index in [0.29, 0.717) is 24.5 Å². The molecule has 4 rings (SSSR count). The number of pyridine rings is 1. The molecule has 164 valence electrons. The summed E-state index contributed by atoms with van der Waals surface area (Å²) in [5.41, 5.74) is 2.72. The molecule has 2 aromatic carbocycles. The minimum atomic E-state index is 0.172. The second-order valence-electron chi connectivity index (χ2n) is 8.54. The van der Waals surface area contributed by atoms with Crippen LogP contribution in [0, 0.1) is 0 Å². The first kappa shape index (κ1) is 21.8. The van der Waals surface area contributed by atoms with Crippen LogP contribution in [0.15, 0.2) is 60.8 Å². The van der Waals surface area contributed by atoms with E-state index in [1.165, 1.54) is 34.7 Å². The zero-order valence-corrected chi connectivity index (χ0v) is 18.3. The lowest BCUT2D eigenvalue weighted by atomic mass is 9.97. The largest absolute Gasteiger partial charge is 0.395 e. The van der Waals surface area contributed by atoms with E-state index in [-0.39, 0.29) is 6.61 Å². The molecule has 3 aromatic rings. The molecule has 1 heterocycles. The number of nitrogens with zero attached hydrogens (tertiary/aromatic N) is 1. The molecule has 0 saturated heterocycles. The first-order chi connectivity index (χ1) is 15.2. The molecule has 1 saturated carbocycles. The summed E-state index contributed by atoms with van der Waals surface area (Å²) in [6.07, 6.45) is 5.61. The lowest BCUT2D eigenvalue weighted by Crippen LogP contribution is -2.29. The van der Waals surface area contributed by atoms with Crippen molar-refractivity contribution in [2.75, 3.05) is 31.6 Å². The highest BCUT2D eigenvalue weighted by Crippen LogP contribution is 2.36. The fourth-order valence-corrected chi connectivity index (χ4v) is 4.74. The lowest BCUT2D eigenvalue weighted by molar-refractivity contribution is 0.293. The molecule has 31 heavy (non-hydrogen) atoms. The van der Waals surface area contributed by atoms with Gasteiger partial charge in [0.05, 0.1) is 6.61 Å². The van der Waals surface area contributed by atoms with Crippen molar-refractivity contribution in [1.29, 1.82) is 0 Å². The molecule has 0 unspecified atom stereocenters. The molecular formula is C26H34N4O. The highest BCUT2D eigenvalue weighted by Gasteiger charge is 2.27. The maximum atomic E-state index is 8.78. The van der Waals surface area contributed by atoms with Crippen LogP contribution in [0.2, 0.25) is 0 Å². The SMILES string of the molecule is C[C@@H](N[C@H]1CC[C@@H](c2ccc(NCCNCCO)nc2)C1)c1cccc2ccccc12. The van der Waals surface area contributed by atoms with E-state index in [0.717, 1.165) is 25.3 Å². The summed E-state index contributed by atoms with van der Waals surface area (Å²) in [7, 11) is 0. The maximum Gasteiger partial charge on any atom is 0.125 e. The van der Waals surface area contributed by atoms with E-state index in [1.54, 1.807) is 0 Å². The van der Waals surface area contributed by atoms with Crippen molar-refractivity contribution in [2.45, 2.75) is 44.2 Å². The van der Waals surface area contributed by atoms with Gasteiger partial charge >= 0.3 is 0 Å². The summed E-state index contributed by atoms with van der Waals surface area (Å²) >= 11 is 0. The van der Waals surface area contributed by atoms with Crippen LogP contribution in [-0.4, -0.2) is 42.4 Å².